The van der Waals surface area contributed by atoms with Crippen LogP contribution in [0.3, 0.4) is 0 Å². The number of nitrogens with two attached hydrogens (primary N) is 2. The molecule has 0 heterocycles. The number of unbranched alkanes of at least 4 members (excludes halogenated alkanes) is 2. The maximum atomic E-state index is 5.42. The third-order valence-corrected chi connectivity index (χ3v) is 3.03. The summed E-state index contributed by atoms with van der Waals surface area (Å²) in [6.45, 7) is 8.20. The van der Waals surface area contributed by atoms with Crippen LogP contribution in [-0.2, 0) is 0 Å². The summed E-state index contributed by atoms with van der Waals surface area (Å²) in [6, 6.07) is 0. The van der Waals surface area contributed by atoms with E-state index in [9.17, 15) is 0 Å². The van der Waals surface area contributed by atoms with Gasteiger partial charge in [-0.25, -0.2) is 0 Å². The Labute approximate surface area is 119 Å². The lowest BCUT2D eigenvalue weighted by Gasteiger charge is -2.06. The highest BCUT2D eigenvalue weighted by Gasteiger charge is 1.91. The molecule has 0 aliphatic rings. The van der Waals surface area contributed by atoms with Crippen LogP contribution >= 0.6 is 0 Å². The SMILES string of the molecule is NCCCNCCCCNCCCCNCCCN. The van der Waals surface area contributed by atoms with E-state index in [1.54, 1.807) is 0 Å². The minimum absolute atomic E-state index is 0.787. The molecule has 0 saturated carbocycles. The van der Waals surface area contributed by atoms with Crippen molar-refractivity contribution in [2.24, 2.45) is 11.5 Å². The number of hydrogen-bond donors (Lipinski definition) is 5. The molecule has 0 atom stereocenters. The van der Waals surface area contributed by atoms with Crippen molar-refractivity contribution in [2.45, 2.75) is 38.5 Å². The molecular weight excluding hydrogens is 238 g/mol. The van der Waals surface area contributed by atoms with E-state index in [-0.39, 0.29) is 0 Å². The molecular formula is C14H35N5. The molecule has 0 aliphatic carbocycles. The van der Waals surface area contributed by atoms with E-state index in [0.717, 1.165) is 65.2 Å². The maximum absolute atomic E-state index is 5.42. The van der Waals surface area contributed by atoms with Gasteiger partial charge in [-0.15, -0.1) is 0 Å². The highest BCUT2D eigenvalue weighted by molar-refractivity contribution is 4.54. The molecule has 0 spiro atoms. The summed E-state index contributed by atoms with van der Waals surface area (Å²) in [7, 11) is 0. The molecule has 0 saturated heterocycles. The molecule has 0 amide bonds. The predicted molar refractivity (Wildman–Crippen MR) is 84.4 cm³/mol. The highest BCUT2D eigenvalue weighted by Crippen LogP contribution is 1.88. The lowest BCUT2D eigenvalue weighted by Crippen LogP contribution is -2.23. The van der Waals surface area contributed by atoms with Crippen LogP contribution in [0.15, 0.2) is 0 Å². The molecule has 19 heavy (non-hydrogen) atoms. The zero-order valence-electron chi connectivity index (χ0n) is 12.6. The summed E-state index contributed by atoms with van der Waals surface area (Å²) in [5.41, 5.74) is 10.8. The molecule has 0 radical (unpaired) electrons. The summed E-state index contributed by atoms with van der Waals surface area (Å²) in [6.07, 6.45) is 7.17. The minimum Gasteiger partial charge on any atom is -0.330 e. The Kier molecular flexibility index (Phi) is 17.6. The second-order valence-electron chi connectivity index (χ2n) is 4.95. The van der Waals surface area contributed by atoms with Crippen LogP contribution in [0.2, 0.25) is 0 Å². The van der Waals surface area contributed by atoms with E-state index in [1.165, 1.54) is 25.7 Å². The van der Waals surface area contributed by atoms with Crippen molar-refractivity contribution in [3.63, 3.8) is 0 Å². The number of hydrogen-bond acceptors (Lipinski definition) is 5. The van der Waals surface area contributed by atoms with Gasteiger partial charge in [0.05, 0.1) is 0 Å². The van der Waals surface area contributed by atoms with Gasteiger partial charge in [0.1, 0.15) is 0 Å². The fraction of sp³-hybridized carbons (Fsp3) is 1.00. The molecule has 5 heteroatoms. The normalized spacial score (nSPS) is 11.1. The minimum atomic E-state index is 0.787. The van der Waals surface area contributed by atoms with Crippen LogP contribution in [0.25, 0.3) is 0 Å². The molecule has 116 valence electrons. The molecule has 0 aromatic heterocycles. The van der Waals surface area contributed by atoms with Crippen LogP contribution in [-0.4, -0.2) is 52.4 Å². The lowest BCUT2D eigenvalue weighted by atomic mass is 10.2. The topological polar surface area (TPSA) is 88.1 Å². The third kappa shape index (κ3) is 17.8. The summed E-state index contributed by atoms with van der Waals surface area (Å²) >= 11 is 0. The van der Waals surface area contributed by atoms with Gasteiger partial charge in [0.2, 0.25) is 0 Å². The van der Waals surface area contributed by atoms with Crippen molar-refractivity contribution < 1.29 is 0 Å². The fourth-order valence-corrected chi connectivity index (χ4v) is 1.83. The Hall–Kier alpha value is -0.200. The van der Waals surface area contributed by atoms with E-state index < -0.39 is 0 Å². The largest absolute Gasteiger partial charge is 0.330 e. The van der Waals surface area contributed by atoms with Gasteiger partial charge >= 0.3 is 0 Å². The number of rotatable bonds is 16. The van der Waals surface area contributed by atoms with E-state index in [1.807, 2.05) is 0 Å². The molecule has 0 fully saturated rings. The monoisotopic (exact) mass is 273 g/mol. The fourth-order valence-electron chi connectivity index (χ4n) is 1.83. The number of nitrogens with one attached hydrogen (secondary N) is 3. The van der Waals surface area contributed by atoms with Crippen LogP contribution in [0.4, 0.5) is 0 Å². The smallest absolute Gasteiger partial charge is 0.00369 e. The first-order valence-corrected chi connectivity index (χ1v) is 7.94. The quantitative estimate of drug-likeness (QED) is 0.256. The van der Waals surface area contributed by atoms with Crippen LogP contribution < -0.4 is 27.4 Å². The third-order valence-electron chi connectivity index (χ3n) is 3.03. The molecule has 0 aromatic rings. The van der Waals surface area contributed by atoms with Crippen molar-refractivity contribution in [3.05, 3.63) is 0 Å². The summed E-state index contributed by atoms with van der Waals surface area (Å²) in [5.74, 6) is 0. The molecule has 0 aliphatic heterocycles. The van der Waals surface area contributed by atoms with Gasteiger partial charge in [-0.3, -0.25) is 0 Å². The zero-order valence-corrected chi connectivity index (χ0v) is 12.6. The standard InChI is InChI=1S/C14H35N5/c15-7-5-13-18-11-3-1-9-17-10-2-4-12-19-14-6-8-16/h17-19H,1-16H2. The highest BCUT2D eigenvalue weighted by atomic mass is 14.9. The maximum Gasteiger partial charge on any atom is -0.00369 e. The first-order valence-electron chi connectivity index (χ1n) is 7.94. The summed E-state index contributed by atoms with van der Waals surface area (Å²) in [4.78, 5) is 0. The van der Waals surface area contributed by atoms with Crippen LogP contribution in [0, 0.1) is 0 Å². The zero-order chi connectivity index (χ0) is 14.0. The average molecular weight is 273 g/mol. The van der Waals surface area contributed by atoms with Gasteiger partial charge < -0.3 is 27.4 Å². The Balaban J connectivity index is 2.88. The van der Waals surface area contributed by atoms with Gasteiger partial charge in [-0.2, -0.15) is 0 Å². The van der Waals surface area contributed by atoms with E-state index in [2.05, 4.69) is 16.0 Å². The van der Waals surface area contributed by atoms with Crippen molar-refractivity contribution >= 4 is 0 Å². The Morgan fingerprint density at radius 3 is 0.947 bits per heavy atom. The van der Waals surface area contributed by atoms with Crippen molar-refractivity contribution in [2.75, 3.05) is 52.4 Å². The van der Waals surface area contributed by atoms with Gasteiger partial charge in [0, 0.05) is 0 Å². The lowest BCUT2D eigenvalue weighted by molar-refractivity contribution is 0.549. The summed E-state index contributed by atoms with van der Waals surface area (Å²) < 4.78 is 0. The predicted octanol–water partition coefficient (Wildman–Crippen LogP) is 0.0132. The molecule has 7 N–H and O–H groups in total. The molecule has 0 unspecified atom stereocenters. The Morgan fingerprint density at radius 2 is 0.684 bits per heavy atom. The van der Waals surface area contributed by atoms with Crippen LogP contribution in [0.1, 0.15) is 38.5 Å². The Bertz CT molecular complexity index is 139. The second kappa shape index (κ2) is 17.8. The molecule has 0 rings (SSSR count). The van der Waals surface area contributed by atoms with Gasteiger partial charge in [0.15, 0.2) is 0 Å². The van der Waals surface area contributed by atoms with Crippen LogP contribution in [0.5, 0.6) is 0 Å². The van der Waals surface area contributed by atoms with Gasteiger partial charge in [-0.1, -0.05) is 0 Å². The van der Waals surface area contributed by atoms with Crippen molar-refractivity contribution in [1.82, 2.24) is 16.0 Å². The van der Waals surface area contributed by atoms with Crippen molar-refractivity contribution in [1.29, 1.82) is 0 Å². The van der Waals surface area contributed by atoms with Gasteiger partial charge in [0.25, 0.3) is 0 Å². The summed E-state index contributed by atoms with van der Waals surface area (Å²) in [5, 5.41) is 10.3. The second-order valence-corrected chi connectivity index (χ2v) is 4.95. The molecule has 0 aromatic carbocycles. The first kappa shape index (κ1) is 18.8. The molecule has 5 nitrogen and oxygen atoms in total. The van der Waals surface area contributed by atoms with E-state index in [0.29, 0.717) is 0 Å². The molecule has 0 bridgehead atoms. The van der Waals surface area contributed by atoms with Crippen molar-refractivity contribution in [3.8, 4) is 0 Å². The van der Waals surface area contributed by atoms with E-state index in [4.69, 9.17) is 11.5 Å². The average Bonchev–Trinajstić information content (AvgIpc) is 2.43. The first-order chi connectivity index (χ1) is 9.41. The van der Waals surface area contributed by atoms with Gasteiger partial charge in [-0.05, 0) is 90.9 Å². The Morgan fingerprint density at radius 1 is 0.421 bits per heavy atom. The van der Waals surface area contributed by atoms with E-state index >= 15 is 0 Å².